The minimum absolute atomic E-state index is 0.101. The van der Waals surface area contributed by atoms with Gasteiger partial charge in [0.15, 0.2) is 17.4 Å². The van der Waals surface area contributed by atoms with E-state index in [1.807, 2.05) is 13.8 Å². The number of nitrogens with zero attached hydrogens (tertiary/aromatic N) is 1. The molecule has 1 N–H and O–H groups in total. The number of hydrogen-bond acceptors (Lipinski definition) is 5. The Morgan fingerprint density at radius 2 is 1.91 bits per heavy atom. The molecule has 0 radical (unpaired) electrons. The minimum Gasteiger partial charge on any atom is -0.493 e. The van der Waals surface area contributed by atoms with Crippen LogP contribution in [-0.4, -0.2) is 25.1 Å². The number of nitrogens with one attached hydrogen (secondary N) is 1. The zero-order valence-electron chi connectivity index (χ0n) is 13.4. The summed E-state index contributed by atoms with van der Waals surface area (Å²) in [6, 6.07) is 5.15. The average Bonchev–Trinajstić information content (AvgIpc) is 2.89. The van der Waals surface area contributed by atoms with Gasteiger partial charge in [-0.15, -0.1) is 0 Å². The average molecular weight is 304 g/mol. The second kappa shape index (κ2) is 6.51. The molecule has 0 spiro atoms. The Balaban J connectivity index is 2.26. The maximum Gasteiger partial charge on any atom is 0.293 e. The van der Waals surface area contributed by atoms with Crippen molar-refractivity contribution in [1.29, 1.82) is 0 Å². The molecule has 22 heavy (non-hydrogen) atoms. The van der Waals surface area contributed by atoms with Crippen LogP contribution in [0.15, 0.2) is 22.6 Å². The van der Waals surface area contributed by atoms with E-state index in [2.05, 4.69) is 10.3 Å². The first-order chi connectivity index (χ1) is 10.5. The maximum atomic E-state index is 12.4. The summed E-state index contributed by atoms with van der Waals surface area (Å²) in [5.41, 5.74) is 1.24. The number of carbonyl (C=O) groups excluding carboxylic acids is 1. The van der Waals surface area contributed by atoms with Gasteiger partial charge in [-0.25, -0.2) is 4.98 Å². The number of aryl methyl sites for hydroxylation is 1. The molecule has 0 saturated heterocycles. The van der Waals surface area contributed by atoms with E-state index >= 15 is 0 Å². The molecule has 0 unspecified atom stereocenters. The van der Waals surface area contributed by atoms with Gasteiger partial charge in [-0.05, 0) is 18.1 Å². The van der Waals surface area contributed by atoms with E-state index in [0.717, 1.165) is 0 Å². The molecular weight excluding hydrogens is 284 g/mol. The minimum atomic E-state index is -0.337. The van der Waals surface area contributed by atoms with Gasteiger partial charge in [0.25, 0.3) is 5.91 Å². The molecule has 0 fully saturated rings. The van der Waals surface area contributed by atoms with Gasteiger partial charge >= 0.3 is 0 Å². The molecule has 1 amide bonds. The second-order valence-electron chi connectivity index (χ2n) is 5.13. The lowest BCUT2D eigenvalue weighted by molar-refractivity contribution is 0.0993. The summed E-state index contributed by atoms with van der Waals surface area (Å²) in [6.45, 7) is 5.65. The van der Waals surface area contributed by atoms with Gasteiger partial charge in [-0.1, -0.05) is 13.8 Å². The van der Waals surface area contributed by atoms with E-state index in [-0.39, 0.29) is 17.6 Å². The first-order valence-electron chi connectivity index (χ1n) is 6.97. The van der Waals surface area contributed by atoms with Crippen LogP contribution in [0.25, 0.3) is 0 Å². The summed E-state index contributed by atoms with van der Waals surface area (Å²) in [4.78, 5) is 16.7. The molecule has 0 aliphatic rings. The molecule has 0 aliphatic carbocycles. The van der Waals surface area contributed by atoms with Crippen LogP contribution in [0.3, 0.4) is 0 Å². The number of oxazole rings is 1. The Morgan fingerprint density at radius 1 is 1.23 bits per heavy atom. The quantitative estimate of drug-likeness (QED) is 0.916. The number of ether oxygens (including phenoxy) is 2. The van der Waals surface area contributed by atoms with Crippen LogP contribution in [0.4, 0.5) is 5.69 Å². The molecule has 0 saturated carbocycles. The van der Waals surface area contributed by atoms with Crippen molar-refractivity contribution < 1.29 is 18.7 Å². The second-order valence-corrected chi connectivity index (χ2v) is 5.13. The summed E-state index contributed by atoms with van der Waals surface area (Å²) in [5.74, 6) is 1.61. The van der Waals surface area contributed by atoms with Crippen molar-refractivity contribution in [3.05, 3.63) is 35.5 Å². The number of methoxy groups -OCH3 is 2. The smallest absolute Gasteiger partial charge is 0.293 e. The molecule has 2 aromatic rings. The van der Waals surface area contributed by atoms with Gasteiger partial charge in [0.05, 0.1) is 19.9 Å². The highest BCUT2D eigenvalue weighted by Gasteiger charge is 2.21. The van der Waals surface area contributed by atoms with E-state index in [1.54, 1.807) is 39.3 Å². The highest BCUT2D eigenvalue weighted by Crippen LogP contribution is 2.30. The topological polar surface area (TPSA) is 73.6 Å². The predicted octanol–water partition coefficient (Wildman–Crippen LogP) is 3.38. The lowest BCUT2D eigenvalue weighted by Crippen LogP contribution is -2.13. The summed E-state index contributed by atoms with van der Waals surface area (Å²) in [6.07, 6.45) is 0. The van der Waals surface area contributed by atoms with Crippen molar-refractivity contribution in [2.24, 2.45) is 0 Å². The van der Waals surface area contributed by atoms with E-state index < -0.39 is 0 Å². The van der Waals surface area contributed by atoms with E-state index in [0.29, 0.717) is 28.8 Å². The van der Waals surface area contributed by atoms with E-state index in [9.17, 15) is 4.79 Å². The molecule has 1 heterocycles. The Hall–Kier alpha value is -2.50. The molecule has 1 aromatic heterocycles. The Labute approximate surface area is 129 Å². The SMILES string of the molecule is COc1ccc(NC(=O)c2oc(C)nc2C(C)C)cc1OC. The third-order valence-corrected chi connectivity index (χ3v) is 3.15. The van der Waals surface area contributed by atoms with Crippen LogP contribution in [0.1, 0.15) is 41.9 Å². The lowest BCUT2D eigenvalue weighted by atomic mass is 10.1. The van der Waals surface area contributed by atoms with Crippen molar-refractivity contribution in [1.82, 2.24) is 4.98 Å². The summed E-state index contributed by atoms with van der Waals surface area (Å²) in [7, 11) is 3.10. The Morgan fingerprint density at radius 3 is 2.50 bits per heavy atom. The van der Waals surface area contributed by atoms with Crippen molar-refractivity contribution in [2.45, 2.75) is 26.7 Å². The number of aromatic nitrogens is 1. The van der Waals surface area contributed by atoms with Gasteiger partial charge in [0, 0.05) is 18.7 Å². The third kappa shape index (κ3) is 3.21. The molecular formula is C16H20N2O4. The number of carbonyl (C=O) groups is 1. The fraction of sp³-hybridized carbons (Fsp3) is 0.375. The molecule has 6 heteroatoms. The fourth-order valence-electron chi connectivity index (χ4n) is 2.10. The molecule has 1 aromatic carbocycles. The predicted molar refractivity (Wildman–Crippen MR) is 82.8 cm³/mol. The first kappa shape index (κ1) is 15.9. The summed E-state index contributed by atoms with van der Waals surface area (Å²) >= 11 is 0. The van der Waals surface area contributed by atoms with Crippen molar-refractivity contribution in [3.63, 3.8) is 0 Å². The number of hydrogen-bond donors (Lipinski definition) is 1. The van der Waals surface area contributed by atoms with E-state index in [1.165, 1.54) is 0 Å². The molecule has 0 atom stereocenters. The molecule has 118 valence electrons. The third-order valence-electron chi connectivity index (χ3n) is 3.15. The molecule has 2 rings (SSSR count). The monoisotopic (exact) mass is 304 g/mol. The Kier molecular flexibility index (Phi) is 4.70. The molecule has 6 nitrogen and oxygen atoms in total. The van der Waals surface area contributed by atoms with E-state index in [4.69, 9.17) is 13.9 Å². The number of anilines is 1. The molecule has 0 aliphatic heterocycles. The largest absolute Gasteiger partial charge is 0.493 e. The zero-order valence-corrected chi connectivity index (χ0v) is 13.4. The standard InChI is InChI=1S/C16H20N2O4/c1-9(2)14-15(22-10(3)17-14)16(19)18-11-6-7-12(20-4)13(8-11)21-5/h6-9H,1-5H3,(H,18,19). The molecule has 0 bridgehead atoms. The van der Waals surface area contributed by atoms with Crippen LogP contribution < -0.4 is 14.8 Å². The van der Waals surface area contributed by atoms with Crippen molar-refractivity contribution >= 4 is 11.6 Å². The van der Waals surface area contributed by atoms with Crippen LogP contribution in [-0.2, 0) is 0 Å². The number of amides is 1. The summed E-state index contributed by atoms with van der Waals surface area (Å²) < 4.78 is 15.8. The first-order valence-corrected chi connectivity index (χ1v) is 6.97. The normalized spacial score (nSPS) is 10.6. The van der Waals surface area contributed by atoms with Crippen molar-refractivity contribution in [2.75, 3.05) is 19.5 Å². The van der Waals surface area contributed by atoms with Crippen LogP contribution in [0, 0.1) is 6.92 Å². The summed E-state index contributed by atoms with van der Waals surface area (Å²) in [5, 5.41) is 2.78. The number of rotatable bonds is 5. The van der Waals surface area contributed by atoms with Crippen LogP contribution in [0.2, 0.25) is 0 Å². The highest BCUT2D eigenvalue weighted by molar-refractivity contribution is 6.03. The van der Waals surface area contributed by atoms with Crippen LogP contribution >= 0.6 is 0 Å². The van der Waals surface area contributed by atoms with Gasteiger partial charge in [0.2, 0.25) is 5.76 Å². The number of benzene rings is 1. The van der Waals surface area contributed by atoms with Gasteiger partial charge in [-0.2, -0.15) is 0 Å². The lowest BCUT2D eigenvalue weighted by Gasteiger charge is -2.10. The maximum absolute atomic E-state index is 12.4. The Bertz CT molecular complexity index is 677. The van der Waals surface area contributed by atoms with Crippen molar-refractivity contribution in [3.8, 4) is 11.5 Å². The zero-order chi connectivity index (χ0) is 16.3. The van der Waals surface area contributed by atoms with Crippen LogP contribution in [0.5, 0.6) is 11.5 Å². The van der Waals surface area contributed by atoms with Gasteiger partial charge in [0.1, 0.15) is 0 Å². The van der Waals surface area contributed by atoms with Gasteiger partial charge in [-0.3, -0.25) is 4.79 Å². The highest BCUT2D eigenvalue weighted by atomic mass is 16.5. The van der Waals surface area contributed by atoms with Gasteiger partial charge < -0.3 is 19.2 Å². The fourth-order valence-corrected chi connectivity index (χ4v) is 2.10.